The van der Waals surface area contributed by atoms with Crippen molar-refractivity contribution in [2.45, 2.75) is 6.42 Å². The van der Waals surface area contributed by atoms with Crippen LogP contribution in [0.1, 0.15) is 6.42 Å². The maximum absolute atomic E-state index is 5.08. The molecule has 0 N–H and O–H groups in total. The van der Waals surface area contributed by atoms with Crippen LogP contribution in [0.5, 0.6) is 0 Å². The van der Waals surface area contributed by atoms with Gasteiger partial charge in [0.15, 0.2) is 0 Å². The molecule has 10 heavy (non-hydrogen) atoms. The van der Waals surface area contributed by atoms with Crippen LogP contribution in [0.3, 0.4) is 0 Å². The Hall–Kier alpha value is 0.0969. The van der Waals surface area contributed by atoms with Gasteiger partial charge in [-0.15, -0.1) is 0 Å². The Morgan fingerprint density at radius 1 is 1.20 bits per heavy atom. The predicted octanol–water partition coefficient (Wildman–Crippen LogP) is 0.832. The normalized spacial score (nSPS) is 12.0. The molecular formula is C6H14O3Si. The third-order valence-electron chi connectivity index (χ3n) is 1.25. The molecule has 0 heterocycles. The molecule has 0 aliphatic rings. The molecule has 2 radical (unpaired) electrons. The summed E-state index contributed by atoms with van der Waals surface area (Å²) in [6.45, 7) is 3.65. The Morgan fingerprint density at radius 3 is 1.70 bits per heavy atom. The molecule has 4 heteroatoms. The topological polar surface area (TPSA) is 27.7 Å². The van der Waals surface area contributed by atoms with Gasteiger partial charge in [0.25, 0.3) is 0 Å². The second kappa shape index (κ2) is 4.84. The standard InChI is InChI=1S/C6H14O3Si/c1-5-6-10(7-2,8-3)9-4/h6H,1,5H2,2-4H3. The molecule has 0 atom stereocenters. The van der Waals surface area contributed by atoms with Crippen molar-refractivity contribution in [3.8, 4) is 0 Å². The van der Waals surface area contributed by atoms with E-state index >= 15 is 0 Å². The molecule has 60 valence electrons. The first-order valence-electron chi connectivity index (χ1n) is 3.03. The van der Waals surface area contributed by atoms with Gasteiger partial charge in [-0.05, 0) is 6.42 Å². The quantitative estimate of drug-likeness (QED) is 0.560. The van der Waals surface area contributed by atoms with Crippen LogP contribution in [0.2, 0.25) is 0 Å². The number of hydrogen-bond acceptors (Lipinski definition) is 3. The second-order valence-electron chi connectivity index (χ2n) is 1.71. The third-order valence-corrected chi connectivity index (χ3v) is 3.74. The van der Waals surface area contributed by atoms with E-state index in [0.29, 0.717) is 6.42 Å². The summed E-state index contributed by atoms with van der Waals surface area (Å²) in [7, 11) is 2.32. The van der Waals surface area contributed by atoms with Crippen molar-refractivity contribution in [2.75, 3.05) is 21.3 Å². The summed E-state index contributed by atoms with van der Waals surface area (Å²) in [5.74, 6) is 0. The SMILES string of the molecule is [CH2]C[CH][Si](OC)(OC)OC. The van der Waals surface area contributed by atoms with Gasteiger partial charge < -0.3 is 13.3 Å². The Kier molecular flexibility index (Phi) is 4.89. The summed E-state index contributed by atoms with van der Waals surface area (Å²) < 4.78 is 15.2. The van der Waals surface area contributed by atoms with E-state index in [1.54, 1.807) is 21.3 Å². The lowest BCUT2D eigenvalue weighted by atomic mass is 10.6. The first-order valence-corrected chi connectivity index (χ1v) is 4.84. The van der Waals surface area contributed by atoms with E-state index in [0.717, 1.165) is 0 Å². The maximum atomic E-state index is 5.08. The number of hydrogen-bond donors (Lipinski definition) is 0. The van der Waals surface area contributed by atoms with Crippen LogP contribution in [0.15, 0.2) is 0 Å². The van der Waals surface area contributed by atoms with Crippen LogP contribution in [0, 0.1) is 13.0 Å². The summed E-state index contributed by atoms with van der Waals surface area (Å²) in [6.07, 6.45) is 0.655. The highest BCUT2D eigenvalue weighted by molar-refractivity contribution is 6.64. The molecule has 0 spiro atoms. The van der Waals surface area contributed by atoms with Gasteiger partial charge in [0, 0.05) is 27.4 Å². The smallest absolute Gasteiger partial charge is 0.377 e. The molecule has 0 saturated heterocycles. The van der Waals surface area contributed by atoms with Gasteiger partial charge in [0.1, 0.15) is 0 Å². The highest BCUT2D eigenvalue weighted by Gasteiger charge is 2.36. The Balaban J connectivity index is 3.87. The van der Waals surface area contributed by atoms with Gasteiger partial charge in [0.2, 0.25) is 0 Å². The first kappa shape index (κ1) is 10.1. The van der Waals surface area contributed by atoms with E-state index in [4.69, 9.17) is 13.3 Å². The average Bonchev–Trinajstić information content (AvgIpc) is 2.01. The molecule has 0 aliphatic heterocycles. The van der Waals surface area contributed by atoms with Crippen molar-refractivity contribution in [1.29, 1.82) is 0 Å². The summed E-state index contributed by atoms with van der Waals surface area (Å²) in [5, 5.41) is 0. The van der Waals surface area contributed by atoms with Gasteiger partial charge in [-0.1, -0.05) is 6.92 Å². The highest BCUT2D eigenvalue weighted by atomic mass is 28.4. The van der Waals surface area contributed by atoms with E-state index in [9.17, 15) is 0 Å². The minimum Gasteiger partial charge on any atom is -0.377 e. The zero-order chi connectivity index (χ0) is 8.04. The van der Waals surface area contributed by atoms with Gasteiger partial charge in [0.05, 0.1) is 0 Å². The van der Waals surface area contributed by atoms with Gasteiger partial charge in [-0.25, -0.2) is 0 Å². The zero-order valence-corrected chi connectivity index (χ0v) is 7.72. The highest BCUT2D eigenvalue weighted by Crippen LogP contribution is 2.10. The molecule has 0 amide bonds. The van der Waals surface area contributed by atoms with Gasteiger partial charge in [-0.2, -0.15) is 0 Å². The predicted molar refractivity (Wildman–Crippen MR) is 41.1 cm³/mol. The molecule has 0 bridgehead atoms. The molecule has 0 aromatic heterocycles. The maximum Gasteiger partial charge on any atom is 0.503 e. The summed E-state index contributed by atoms with van der Waals surface area (Å²) in [4.78, 5) is 0. The summed E-state index contributed by atoms with van der Waals surface area (Å²) in [6, 6.07) is 1.84. The number of rotatable bonds is 5. The van der Waals surface area contributed by atoms with Crippen LogP contribution in [0.25, 0.3) is 0 Å². The van der Waals surface area contributed by atoms with Crippen molar-refractivity contribution in [2.24, 2.45) is 0 Å². The largest absolute Gasteiger partial charge is 0.503 e. The van der Waals surface area contributed by atoms with Crippen molar-refractivity contribution >= 4 is 8.80 Å². The molecule has 0 aromatic rings. The van der Waals surface area contributed by atoms with Gasteiger partial charge in [-0.3, -0.25) is 0 Å². The fraction of sp³-hybridized carbons (Fsp3) is 0.667. The summed E-state index contributed by atoms with van der Waals surface area (Å²) in [5.41, 5.74) is 0. The molecule has 0 aliphatic carbocycles. The monoisotopic (exact) mass is 162 g/mol. The van der Waals surface area contributed by atoms with Crippen LogP contribution >= 0.6 is 0 Å². The average molecular weight is 162 g/mol. The van der Waals surface area contributed by atoms with Crippen LogP contribution < -0.4 is 0 Å². The van der Waals surface area contributed by atoms with E-state index in [2.05, 4.69) is 6.92 Å². The lowest BCUT2D eigenvalue weighted by Gasteiger charge is -2.22. The fourth-order valence-corrected chi connectivity index (χ4v) is 2.03. The summed E-state index contributed by atoms with van der Waals surface area (Å²) >= 11 is 0. The van der Waals surface area contributed by atoms with E-state index in [1.165, 1.54) is 0 Å². The molecule has 0 fully saturated rings. The Morgan fingerprint density at radius 2 is 1.60 bits per heavy atom. The fourth-order valence-electron chi connectivity index (χ4n) is 0.677. The first-order chi connectivity index (χ1) is 4.74. The third kappa shape index (κ3) is 2.38. The second-order valence-corrected chi connectivity index (χ2v) is 4.55. The van der Waals surface area contributed by atoms with Gasteiger partial charge >= 0.3 is 8.80 Å². The Bertz CT molecular complexity index is 74.8. The lowest BCUT2D eigenvalue weighted by molar-refractivity contribution is 0.132. The lowest BCUT2D eigenvalue weighted by Crippen LogP contribution is -2.43. The molecule has 3 nitrogen and oxygen atoms in total. The molecule has 0 aromatic carbocycles. The van der Waals surface area contributed by atoms with Crippen molar-refractivity contribution in [3.05, 3.63) is 13.0 Å². The molecule has 0 rings (SSSR count). The van der Waals surface area contributed by atoms with E-state index in [-0.39, 0.29) is 0 Å². The van der Waals surface area contributed by atoms with Crippen molar-refractivity contribution in [3.63, 3.8) is 0 Å². The van der Waals surface area contributed by atoms with Crippen LogP contribution in [-0.2, 0) is 13.3 Å². The molecular weight excluding hydrogens is 148 g/mol. The molecule has 0 saturated carbocycles. The van der Waals surface area contributed by atoms with E-state index in [1.807, 2.05) is 6.04 Å². The van der Waals surface area contributed by atoms with Crippen LogP contribution in [-0.4, -0.2) is 30.1 Å². The zero-order valence-electron chi connectivity index (χ0n) is 6.72. The minimum atomic E-state index is -2.40. The minimum absolute atomic E-state index is 0.655. The van der Waals surface area contributed by atoms with E-state index < -0.39 is 8.80 Å². The van der Waals surface area contributed by atoms with Crippen molar-refractivity contribution in [1.82, 2.24) is 0 Å². The van der Waals surface area contributed by atoms with Crippen molar-refractivity contribution < 1.29 is 13.3 Å². The van der Waals surface area contributed by atoms with Crippen LogP contribution in [0.4, 0.5) is 0 Å². The molecule has 0 unspecified atom stereocenters. The Labute approximate surface area is 63.7 Å².